The maximum Gasteiger partial charge on any atom is 0.309 e. The summed E-state index contributed by atoms with van der Waals surface area (Å²) in [5.74, 6) is -0.788. The van der Waals surface area contributed by atoms with Crippen molar-refractivity contribution in [3.63, 3.8) is 0 Å². The molecule has 1 aromatic heterocycles. The number of carbonyl (C=O) groups excluding carboxylic acids is 1. The monoisotopic (exact) mass is 424 g/mol. The summed E-state index contributed by atoms with van der Waals surface area (Å²) in [5.41, 5.74) is 1.25. The highest BCUT2D eigenvalue weighted by Crippen LogP contribution is 2.46. The lowest BCUT2D eigenvalue weighted by Gasteiger charge is -2.52. The first kappa shape index (κ1) is 21.5. The van der Waals surface area contributed by atoms with Gasteiger partial charge in [-0.05, 0) is 57.9 Å². The van der Waals surface area contributed by atoms with Crippen molar-refractivity contribution in [3.8, 4) is 0 Å². The Morgan fingerprint density at radius 3 is 2.58 bits per heavy atom. The predicted octanol–water partition coefficient (Wildman–Crippen LogP) is 3.43. The third kappa shape index (κ3) is 4.50. The molecule has 1 aliphatic carbocycles. The summed E-state index contributed by atoms with van der Waals surface area (Å²) in [6.45, 7) is 4.81. The molecule has 166 valence electrons. The molecule has 2 aliphatic heterocycles. The maximum absolute atomic E-state index is 13.0. The van der Waals surface area contributed by atoms with Crippen molar-refractivity contribution in [3.05, 3.63) is 47.8 Å². The van der Waals surface area contributed by atoms with E-state index in [1.165, 1.54) is 5.56 Å². The van der Waals surface area contributed by atoms with Crippen LogP contribution in [0.25, 0.3) is 0 Å². The average molecular weight is 425 g/mol. The average Bonchev–Trinajstić information content (AvgIpc) is 3.27. The molecule has 1 amide bonds. The molecular weight excluding hydrogens is 392 g/mol. The molecule has 1 aromatic carbocycles. The molecule has 3 heterocycles. The Morgan fingerprint density at radius 1 is 1.19 bits per heavy atom. The number of aromatic nitrogens is 3. The maximum atomic E-state index is 13.0. The molecule has 0 unspecified atom stereocenters. The van der Waals surface area contributed by atoms with Gasteiger partial charge < -0.3 is 10.0 Å². The van der Waals surface area contributed by atoms with Crippen molar-refractivity contribution in [1.29, 1.82) is 0 Å². The van der Waals surface area contributed by atoms with E-state index in [2.05, 4.69) is 28.6 Å². The van der Waals surface area contributed by atoms with Crippen LogP contribution in [0.4, 0.5) is 0 Å². The second-order valence-corrected chi connectivity index (χ2v) is 9.82. The van der Waals surface area contributed by atoms with Gasteiger partial charge >= 0.3 is 5.97 Å². The van der Waals surface area contributed by atoms with Crippen LogP contribution in [-0.4, -0.2) is 49.5 Å². The van der Waals surface area contributed by atoms with Gasteiger partial charge in [-0.15, -0.1) is 5.10 Å². The van der Waals surface area contributed by atoms with Gasteiger partial charge in [0.25, 0.3) is 0 Å². The molecular formula is C24H32N4O3. The first-order valence-corrected chi connectivity index (χ1v) is 11.3. The van der Waals surface area contributed by atoms with Crippen LogP contribution in [0.2, 0.25) is 0 Å². The number of amides is 1. The van der Waals surface area contributed by atoms with Gasteiger partial charge in [0.2, 0.25) is 5.91 Å². The highest BCUT2D eigenvalue weighted by atomic mass is 16.4. The molecule has 1 saturated carbocycles. The number of benzene rings is 1. The fourth-order valence-corrected chi connectivity index (χ4v) is 4.92. The Balaban J connectivity index is 1.41. The number of carboxylic acids is 1. The van der Waals surface area contributed by atoms with E-state index in [0.717, 1.165) is 44.3 Å². The van der Waals surface area contributed by atoms with Crippen molar-refractivity contribution in [2.75, 3.05) is 6.54 Å². The van der Waals surface area contributed by atoms with Crippen molar-refractivity contribution in [2.24, 2.45) is 5.41 Å². The first-order valence-electron chi connectivity index (χ1n) is 11.3. The molecule has 0 spiro atoms. The van der Waals surface area contributed by atoms with E-state index in [0.29, 0.717) is 13.0 Å². The number of aryl methyl sites for hydroxylation is 2. The van der Waals surface area contributed by atoms with Crippen LogP contribution >= 0.6 is 0 Å². The Hall–Kier alpha value is -2.70. The van der Waals surface area contributed by atoms with Gasteiger partial charge in [-0.1, -0.05) is 35.5 Å². The second-order valence-electron chi connectivity index (χ2n) is 9.82. The molecule has 3 fully saturated rings. The molecule has 31 heavy (non-hydrogen) atoms. The number of nitrogens with zero attached hydrogens (tertiary/aromatic N) is 4. The number of carbonyl (C=O) groups is 2. The van der Waals surface area contributed by atoms with Crippen LogP contribution < -0.4 is 0 Å². The zero-order valence-electron chi connectivity index (χ0n) is 18.5. The van der Waals surface area contributed by atoms with Crippen molar-refractivity contribution >= 4 is 11.9 Å². The molecule has 7 nitrogen and oxygen atoms in total. The van der Waals surface area contributed by atoms with E-state index >= 15 is 0 Å². The number of hydrogen-bond acceptors (Lipinski definition) is 4. The van der Waals surface area contributed by atoms with E-state index in [1.54, 1.807) is 13.8 Å². The third-order valence-corrected chi connectivity index (χ3v) is 7.24. The molecule has 0 atom stereocenters. The number of fused-ring (bicyclic) bond motifs is 3. The lowest BCUT2D eigenvalue weighted by Crippen LogP contribution is -2.58. The Kier molecular flexibility index (Phi) is 5.86. The lowest BCUT2D eigenvalue weighted by molar-refractivity contribution is -0.148. The SMILES string of the molecule is CC(C)(CCC(=O)N1CC2(c3cn(CCc4ccccc4)nn3)CCC1CC2)C(=O)O. The van der Waals surface area contributed by atoms with Crippen LogP contribution in [0.15, 0.2) is 36.5 Å². The fraction of sp³-hybridized carbons (Fsp3) is 0.583. The molecule has 5 rings (SSSR count). The van der Waals surface area contributed by atoms with Crippen LogP contribution in [-0.2, 0) is 28.0 Å². The molecule has 2 saturated heterocycles. The number of hydrogen-bond donors (Lipinski definition) is 1. The summed E-state index contributed by atoms with van der Waals surface area (Å²) >= 11 is 0. The van der Waals surface area contributed by atoms with Crippen molar-refractivity contribution < 1.29 is 14.7 Å². The minimum absolute atomic E-state index is 0.0690. The van der Waals surface area contributed by atoms with Gasteiger partial charge in [-0.3, -0.25) is 14.3 Å². The number of aliphatic carboxylic acids is 1. The standard InChI is InChI=1S/C24H32N4O3/c1-23(2,22(30)31)12-10-21(29)28-17-24(13-8-19(28)9-14-24)20-16-27(26-25-20)15-11-18-6-4-3-5-7-18/h3-7,16,19H,8-15,17H2,1-2H3,(H,30,31). The van der Waals surface area contributed by atoms with Gasteiger partial charge in [-0.2, -0.15) is 0 Å². The van der Waals surface area contributed by atoms with Crippen LogP contribution in [0, 0.1) is 5.41 Å². The first-order chi connectivity index (χ1) is 14.8. The number of rotatable bonds is 8. The Bertz CT molecular complexity index is 929. The summed E-state index contributed by atoms with van der Waals surface area (Å²) in [6, 6.07) is 10.6. The largest absolute Gasteiger partial charge is 0.481 e. The Labute approximate surface area is 183 Å². The Morgan fingerprint density at radius 2 is 1.90 bits per heavy atom. The smallest absolute Gasteiger partial charge is 0.309 e. The summed E-state index contributed by atoms with van der Waals surface area (Å²) in [5, 5.41) is 18.2. The van der Waals surface area contributed by atoms with Gasteiger partial charge in [0.05, 0.1) is 11.1 Å². The quantitative estimate of drug-likeness (QED) is 0.701. The van der Waals surface area contributed by atoms with E-state index in [-0.39, 0.29) is 23.8 Å². The van der Waals surface area contributed by atoms with Crippen molar-refractivity contribution in [2.45, 2.75) is 76.8 Å². The summed E-state index contributed by atoms with van der Waals surface area (Å²) in [7, 11) is 0. The molecule has 3 aliphatic rings. The zero-order chi connectivity index (χ0) is 22.1. The van der Waals surface area contributed by atoms with Crippen molar-refractivity contribution in [1.82, 2.24) is 19.9 Å². The minimum atomic E-state index is -0.885. The summed E-state index contributed by atoms with van der Waals surface area (Å²) in [6.07, 6.45) is 7.60. The van der Waals surface area contributed by atoms with Gasteiger partial charge in [-0.25, -0.2) is 0 Å². The van der Waals surface area contributed by atoms with E-state index < -0.39 is 11.4 Å². The molecule has 0 radical (unpaired) electrons. The molecule has 2 bridgehead atoms. The predicted molar refractivity (Wildman–Crippen MR) is 116 cm³/mol. The summed E-state index contributed by atoms with van der Waals surface area (Å²) in [4.78, 5) is 26.4. The molecule has 2 aromatic rings. The van der Waals surface area contributed by atoms with Crippen LogP contribution in [0.1, 0.15) is 63.6 Å². The number of piperidine rings is 2. The van der Waals surface area contributed by atoms with E-state index in [4.69, 9.17) is 0 Å². The minimum Gasteiger partial charge on any atom is -0.481 e. The third-order valence-electron chi connectivity index (χ3n) is 7.24. The number of carboxylic acid groups (broad SMARTS) is 1. The highest BCUT2D eigenvalue weighted by Gasteiger charge is 2.48. The van der Waals surface area contributed by atoms with Gasteiger partial charge in [0.15, 0.2) is 0 Å². The fourth-order valence-electron chi connectivity index (χ4n) is 4.92. The van der Waals surface area contributed by atoms with Crippen LogP contribution in [0.3, 0.4) is 0 Å². The topological polar surface area (TPSA) is 88.3 Å². The van der Waals surface area contributed by atoms with Crippen LogP contribution in [0.5, 0.6) is 0 Å². The zero-order valence-corrected chi connectivity index (χ0v) is 18.5. The van der Waals surface area contributed by atoms with Gasteiger partial charge in [0.1, 0.15) is 0 Å². The van der Waals surface area contributed by atoms with Gasteiger partial charge in [0, 0.05) is 37.2 Å². The lowest BCUT2D eigenvalue weighted by atomic mass is 9.66. The normalized spacial score (nSPS) is 23.2. The molecule has 1 N–H and O–H groups in total. The second kappa shape index (κ2) is 8.44. The molecule has 7 heteroatoms. The highest BCUT2D eigenvalue weighted by molar-refractivity contribution is 5.79. The summed E-state index contributed by atoms with van der Waals surface area (Å²) < 4.78 is 1.92. The van der Waals surface area contributed by atoms with E-state index in [9.17, 15) is 14.7 Å². The van der Waals surface area contributed by atoms with E-state index in [1.807, 2.05) is 27.8 Å².